The average molecular weight is 282 g/mol. The van der Waals surface area contributed by atoms with Gasteiger partial charge < -0.3 is 4.90 Å². The van der Waals surface area contributed by atoms with Crippen LogP contribution < -0.4 is 0 Å². The number of carbonyl (C=O) groups is 1. The van der Waals surface area contributed by atoms with Gasteiger partial charge in [-0.15, -0.1) is 11.3 Å². The summed E-state index contributed by atoms with van der Waals surface area (Å²) in [6.07, 6.45) is 0. The minimum atomic E-state index is -0.683. The summed E-state index contributed by atoms with van der Waals surface area (Å²) < 4.78 is 27.3. The molecule has 0 atom stereocenters. The van der Waals surface area contributed by atoms with Crippen molar-refractivity contribution in [2.75, 3.05) is 14.1 Å². The SMILES string of the molecule is Cc1nc(-c2c(F)cccc2F)sc1C(=O)N(C)C. The molecule has 2 rings (SSSR count). The Morgan fingerprint density at radius 3 is 2.37 bits per heavy atom. The zero-order valence-electron chi connectivity index (χ0n) is 10.7. The molecule has 1 aromatic carbocycles. The van der Waals surface area contributed by atoms with E-state index in [2.05, 4.69) is 4.98 Å². The first kappa shape index (κ1) is 13.6. The molecular weight excluding hydrogens is 270 g/mol. The predicted octanol–water partition coefficient (Wildman–Crippen LogP) is 3.10. The van der Waals surface area contributed by atoms with Crippen molar-refractivity contribution in [3.8, 4) is 10.6 Å². The van der Waals surface area contributed by atoms with Crippen LogP contribution in [0.15, 0.2) is 18.2 Å². The zero-order chi connectivity index (χ0) is 14.2. The lowest BCUT2D eigenvalue weighted by molar-refractivity contribution is 0.0831. The molecule has 3 nitrogen and oxygen atoms in total. The van der Waals surface area contributed by atoms with Crippen LogP contribution in [0.5, 0.6) is 0 Å². The molecule has 100 valence electrons. The smallest absolute Gasteiger partial charge is 0.265 e. The standard InChI is InChI=1S/C13H12F2N2OS/c1-7-11(13(18)17(2)3)19-12(16-7)10-8(14)5-4-6-9(10)15/h4-6H,1-3H3. The number of aromatic nitrogens is 1. The molecule has 0 saturated carbocycles. The van der Waals surface area contributed by atoms with E-state index in [0.717, 1.165) is 11.3 Å². The average Bonchev–Trinajstić information content (AvgIpc) is 2.69. The third-order valence-electron chi connectivity index (χ3n) is 2.57. The molecule has 0 saturated heterocycles. The van der Waals surface area contributed by atoms with Crippen LogP contribution in [0.4, 0.5) is 8.78 Å². The topological polar surface area (TPSA) is 33.2 Å². The van der Waals surface area contributed by atoms with Crippen molar-refractivity contribution in [1.82, 2.24) is 9.88 Å². The maximum absolute atomic E-state index is 13.7. The first-order chi connectivity index (χ1) is 8.91. The number of halogens is 2. The second-order valence-corrected chi connectivity index (χ2v) is 5.23. The van der Waals surface area contributed by atoms with Crippen molar-refractivity contribution in [2.45, 2.75) is 6.92 Å². The summed E-state index contributed by atoms with van der Waals surface area (Å²) in [4.78, 5) is 17.8. The third kappa shape index (κ3) is 2.49. The minimum absolute atomic E-state index is 0.179. The highest BCUT2D eigenvalue weighted by molar-refractivity contribution is 7.17. The maximum Gasteiger partial charge on any atom is 0.265 e. The lowest BCUT2D eigenvalue weighted by atomic mass is 10.2. The van der Waals surface area contributed by atoms with Gasteiger partial charge in [0.05, 0.1) is 11.3 Å². The van der Waals surface area contributed by atoms with Gasteiger partial charge in [-0.2, -0.15) is 0 Å². The van der Waals surface area contributed by atoms with Gasteiger partial charge in [0.2, 0.25) is 0 Å². The summed E-state index contributed by atoms with van der Waals surface area (Å²) in [6, 6.07) is 3.63. The van der Waals surface area contributed by atoms with Crippen molar-refractivity contribution in [3.05, 3.63) is 40.4 Å². The number of hydrogen-bond donors (Lipinski definition) is 0. The molecular formula is C13H12F2N2OS. The van der Waals surface area contributed by atoms with Crippen LogP contribution in [-0.4, -0.2) is 29.9 Å². The zero-order valence-corrected chi connectivity index (χ0v) is 11.5. The molecule has 6 heteroatoms. The molecule has 0 spiro atoms. The molecule has 19 heavy (non-hydrogen) atoms. The lowest BCUT2D eigenvalue weighted by Crippen LogP contribution is -2.21. The molecule has 0 N–H and O–H groups in total. The van der Waals surface area contributed by atoms with Gasteiger partial charge in [-0.25, -0.2) is 13.8 Å². The number of nitrogens with zero attached hydrogens (tertiary/aromatic N) is 2. The fourth-order valence-corrected chi connectivity index (χ4v) is 2.74. The van der Waals surface area contributed by atoms with E-state index in [0.29, 0.717) is 10.6 Å². The third-order valence-corrected chi connectivity index (χ3v) is 3.74. The Kier molecular flexibility index (Phi) is 3.61. The van der Waals surface area contributed by atoms with Crippen molar-refractivity contribution in [3.63, 3.8) is 0 Å². The van der Waals surface area contributed by atoms with Gasteiger partial charge in [-0.3, -0.25) is 4.79 Å². The largest absolute Gasteiger partial charge is 0.344 e. The van der Waals surface area contributed by atoms with Gasteiger partial charge in [0.25, 0.3) is 5.91 Å². The number of rotatable bonds is 2. The van der Waals surface area contributed by atoms with E-state index in [1.807, 2.05) is 0 Å². The number of amides is 1. The van der Waals surface area contributed by atoms with Crippen molar-refractivity contribution < 1.29 is 13.6 Å². The molecule has 1 heterocycles. The Balaban J connectivity index is 2.54. The molecule has 0 radical (unpaired) electrons. The molecule has 0 unspecified atom stereocenters. The van der Waals surface area contributed by atoms with Crippen LogP contribution in [0.1, 0.15) is 15.4 Å². The van der Waals surface area contributed by atoms with Gasteiger partial charge >= 0.3 is 0 Å². The molecule has 0 aliphatic heterocycles. The van der Waals surface area contributed by atoms with Gasteiger partial charge in [-0.05, 0) is 19.1 Å². The predicted molar refractivity (Wildman–Crippen MR) is 70.2 cm³/mol. The minimum Gasteiger partial charge on any atom is -0.344 e. The van der Waals surface area contributed by atoms with Crippen LogP contribution in [0, 0.1) is 18.6 Å². The molecule has 0 aliphatic rings. The van der Waals surface area contributed by atoms with E-state index < -0.39 is 11.6 Å². The number of benzene rings is 1. The van der Waals surface area contributed by atoms with Crippen molar-refractivity contribution in [2.24, 2.45) is 0 Å². The Morgan fingerprint density at radius 1 is 1.26 bits per heavy atom. The fourth-order valence-electron chi connectivity index (χ4n) is 1.61. The fraction of sp³-hybridized carbons (Fsp3) is 0.231. The lowest BCUT2D eigenvalue weighted by Gasteiger charge is -2.07. The van der Waals surface area contributed by atoms with Gasteiger partial charge in [0.15, 0.2) is 0 Å². The molecule has 1 aromatic heterocycles. The summed E-state index contributed by atoms with van der Waals surface area (Å²) in [5.74, 6) is -1.59. The van der Waals surface area contributed by atoms with Crippen LogP contribution in [0.3, 0.4) is 0 Å². The Bertz CT molecular complexity index is 617. The van der Waals surface area contributed by atoms with Gasteiger partial charge in [0, 0.05) is 14.1 Å². The normalized spacial score (nSPS) is 10.6. The molecule has 1 amide bonds. The van der Waals surface area contributed by atoms with E-state index in [9.17, 15) is 13.6 Å². The molecule has 0 aliphatic carbocycles. The Morgan fingerprint density at radius 2 is 1.84 bits per heavy atom. The Labute approximate surface area is 113 Å². The monoisotopic (exact) mass is 282 g/mol. The van der Waals surface area contributed by atoms with Crippen LogP contribution in [-0.2, 0) is 0 Å². The summed E-state index contributed by atoms with van der Waals surface area (Å²) in [5.41, 5.74) is 0.287. The molecule has 0 fully saturated rings. The van der Waals surface area contributed by atoms with Gasteiger partial charge in [0.1, 0.15) is 21.5 Å². The number of hydrogen-bond acceptors (Lipinski definition) is 3. The second-order valence-electron chi connectivity index (χ2n) is 4.23. The van der Waals surface area contributed by atoms with E-state index in [4.69, 9.17) is 0 Å². The summed E-state index contributed by atoms with van der Waals surface area (Å²) in [5, 5.41) is 0.179. The van der Waals surface area contributed by atoms with Crippen LogP contribution >= 0.6 is 11.3 Å². The Hall–Kier alpha value is -1.82. The quantitative estimate of drug-likeness (QED) is 0.848. The summed E-state index contributed by atoms with van der Waals surface area (Å²) >= 11 is 0.995. The first-order valence-corrected chi connectivity index (χ1v) is 6.37. The summed E-state index contributed by atoms with van der Waals surface area (Å²) in [7, 11) is 3.23. The van der Waals surface area contributed by atoms with Gasteiger partial charge in [-0.1, -0.05) is 6.07 Å². The number of thiazole rings is 1. The van der Waals surface area contributed by atoms with E-state index in [1.165, 1.54) is 23.1 Å². The van der Waals surface area contributed by atoms with Crippen molar-refractivity contribution >= 4 is 17.2 Å². The molecule has 0 bridgehead atoms. The highest BCUT2D eigenvalue weighted by atomic mass is 32.1. The number of carbonyl (C=O) groups excluding carboxylic acids is 1. The highest BCUT2D eigenvalue weighted by Gasteiger charge is 2.21. The van der Waals surface area contributed by atoms with Crippen LogP contribution in [0.25, 0.3) is 10.6 Å². The van der Waals surface area contributed by atoms with E-state index in [1.54, 1.807) is 21.0 Å². The summed E-state index contributed by atoms with van der Waals surface area (Å²) in [6.45, 7) is 1.65. The van der Waals surface area contributed by atoms with Crippen LogP contribution in [0.2, 0.25) is 0 Å². The first-order valence-electron chi connectivity index (χ1n) is 5.55. The highest BCUT2D eigenvalue weighted by Crippen LogP contribution is 2.32. The van der Waals surface area contributed by atoms with Crippen molar-refractivity contribution in [1.29, 1.82) is 0 Å². The maximum atomic E-state index is 13.7. The molecule has 2 aromatic rings. The second kappa shape index (κ2) is 5.05. The van der Waals surface area contributed by atoms with E-state index in [-0.39, 0.29) is 16.5 Å². The number of aryl methyl sites for hydroxylation is 1. The van der Waals surface area contributed by atoms with E-state index >= 15 is 0 Å².